The molecule has 78 valence electrons. The molecule has 1 aliphatic heterocycles. The van der Waals surface area contributed by atoms with Crippen molar-refractivity contribution in [2.45, 2.75) is 25.9 Å². The Balaban J connectivity index is 2.86. The van der Waals surface area contributed by atoms with E-state index in [-0.39, 0.29) is 12.1 Å². The van der Waals surface area contributed by atoms with Gasteiger partial charge in [0.15, 0.2) is 0 Å². The number of nitrogens with one attached hydrogen (secondary N) is 2. The van der Waals surface area contributed by atoms with Gasteiger partial charge >= 0.3 is 0 Å². The third-order valence-corrected chi connectivity index (χ3v) is 4.07. The van der Waals surface area contributed by atoms with Gasteiger partial charge in [-0.05, 0) is 13.8 Å². The van der Waals surface area contributed by atoms with Crippen molar-refractivity contribution in [3.8, 4) is 0 Å². The fourth-order valence-corrected chi connectivity index (χ4v) is 3.00. The fourth-order valence-electron chi connectivity index (χ4n) is 1.69. The monoisotopic (exact) mass is 207 g/mol. The lowest BCUT2D eigenvalue weighted by Gasteiger charge is -2.37. The van der Waals surface area contributed by atoms with Crippen LogP contribution in [0.4, 0.5) is 0 Å². The van der Waals surface area contributed by atoms with Gasteiger partial charge in [-0.15, -0.1) is 0 Å². The molecule has 1 rings (SSSR count). The van der Waals surface area contributed by atoms with Gasteiger partial charge in [0.1, 0.15) is 0 Å². The van der Waals surface area contributed by atoms with Crippen LogP contribution in [-0.2, 0) is 10.2 Å². The van der Waals surface area contributed by atoms with Gasteiger partial charge in [-0.3, -0.25) is 0 Å². The predicted octanol–water partition coefficient (Wildman–Crippen LogP) is -0.867. The second-order valence-corrected chi connectivity index (χ2v) is 5.18. The summed E-state index contributed by atoms with van der Waals surface area (Å²) in [5.74, 6) is 0. The summed E-state index contributed by atoms with van der Waals surface area (Å²) in [4.78, 5) is 0. The van der Waals surface area contributed by atoms with E-state index in [1.165, 1.54) is 11.4 Å². The molecule has 2 atom stereocenters. The van der Waals surface area contributed by atoms with Crippen LogP contribution in [0.15, 0.2) is 0 Å². The molecule has 0 amide bonds. The van der Waals surface area contributed by atoms with Crippen LogP contribution in [-0.4, -0.2) is 44.9 Å². The van der Waals surface area contributed by atoms with Gasteiger partial charge in [-0.2, -0.15) is 12.7 Å². The van der Waals surface area contributed by atoms with Gasteiger partial charge < -0.3 is 5.32 Å². The molecule has 0 bridgehead atoms. The Morgan fingerprint density at radius 2 is 1.77 bits per heavy atom. The summed E-state index contributed by atoms with van der Waals surface area (Å²) in [6.45, 7) is 5.23. The zero-order valence-corrected chi connectivity index (χ0v) is 9.06. The molecule has 13 heavy (non-hydrogen) atoms. The van der Waals surface area contributed by atoms with Crippen LogP contribution in [0.2, 0.25) is 0 Å². The van der Waals surface area contributed by atoms with E-state index >= 15 is 0 Å². The topological polar surface area (TPSA) is 61.4 Å². The molecule has 1 saturated heterocycles. The van der Waals surface area contributed by atoms with Gasteiger partial charge in [0, 0.05) is 32.2 Å². The highest BCUT2D eigenvalue weighted by Gasteiger charge is 2.33. The van der Waals surface area contributed by atoms with Crippen molar-refractivity contribution in [1.82, 2.24) is 14.3 Å². The lowest BCUT2D eigenvalue weighted by Crippen LogP contribution is -2.59. The molecule has 0 aromatic heterocycles. The van der Waals surface area contributed by atoms with Crippen LogP contribution in [0, 0.1) is 0 Å². The smallest absolute Gasteiger partial charge is 0.279 e. The minimum Gasteiger partial charge on any atom is -0.314 e. The summed E-state index contributed by atoms with van der Waals surface area (Å²) in [5.41, 5.74) is 0. The zero-order chi connectivity index (χ0) is 10.1. The number of nitrogens with zero attached hydrogens (tertiary/aromatic N) is 1. The first-order chi connectivity index (χ1) is 5.99. The molecule has 0 saturated carbocycles. The second-order valence-electron chi connectivity index (χ2n) is 3.40. The average molecular weight is 207 g/mol. The second kappa shape index (κ2) is 3.91. The first kappa shape index (κ1) is 10.9. The Bertz CT molecular complexity index is 255. The van der Waals surface area contributed by atoms with E-state index in [1.807, 2.05) is 13.8 Å². The minimum absolute atomic E-state index is 0.0150. The number of piperazine rings is 1. The summed E-state index contributed by atoms with van der Waals surface area (Å²) in [6.07, 6.45) is 0. The Kier molecular flexibility index (Phi) is 3.28. The molecule has 0 spiro atoms. The molecule has 1 aliphatic rings. The normalized spacial score (nSPS) is 31.9. The van der Waals surface area contributed by atoms with Crippen LogP contribution in [0.3, 0.4) is 0 Å². The molecule has 0 radical (unpaired) electrons. The lowest BCUT2D eigenvalue weighted by molar-refractivity contribution is 0.218. The van der Waals surface area contributed by atoms with Crippen LogP contribution in [0.25, 0.3) is 0 Å². The molecule has 2 N–H and O–H groups in total. The molecule has 1 fully saturated rings. The fraction of sp³-hybridized carbons (Fsp3) is 1.00. The molecule has 5 nitrogen and oxygen atoms in total. The first-order valence-electron chi connectivity index (χ1n) is 4.41. The van der Waals surface area contributed by atoms with E-state index in [0.29, 0.717) is 13.1 Å². The van der Waals surface area contributed by atoms with E-state index in [2.05, 4.69) is 10.0 Å². The summed E-state index contributed by atoms with van der Waals surface area (Å²) < 4.78 is 27.0. The number of hydrogen-bond acceptors (Lipinski definition) is 3. The van der Waals surface area contributed by atoms with Gasteiger partial charge in [0.25, 0.3) is 10.2 Å². The maximum Gasteiger partial charge on any atom is 0.279 e. The van der Waals surface area contributed by atoms with E-state index < -0.39 is 10.2 Å². The van der Waals surface area contributed by atoms with E-state index in [4.69, 9.17) is 0 Å². The SMILES string of the molecule is CNS(=O)(=O)N1C(C)CNCC1C. The largest absolute Gasteiger partial charge is 0.314 e. The Morgan fingerprint density at radius 3 is 2.15 bits per heavy atom. The lowest BCUT2D eigenvalue weighted by atomic mass is 10.2. The third kappa shape index (κ3) is 2.19. The van der Waals surface area contributed by atoms with Gasteiger partial charge in [-0.1, -0.05) is 0 Å². The van der Waals surface area contributed by atoms with Gasteiger partial charge in [-0.25, -0.2) is 4.72 Å². The molecular formula is C7H17N3O2S. The highest BCUT2D eigenvalue weighted by atomic mass is 32.2. The first-order valence-corrected chi connectivity index (χ1v) is 5.85. The van der Waals surface area contributed by atoms with Crippen LogP contribution < -0.4 is 10.0 Å². The van der Waals surface area contributed by atoms with E-state index in [9.17, 15) is 8.42 Å². The van der Waals surface area contributed by atoms with Crippen molar-refractivity contribution in [2.24, 2.45) is 0 Å². The number of hydrogen-bond donors (Lipinski definition) is 2. The Morgan fingerprint density at radius 1 is 1.31 bits per heavy atom. The Labute approximate surface area is 79.7 Å². The molecule has 0 aromatic carbocycles. The minimum atomic E-state index is -3.28. The molecule has 2 unspecified atom stereocenters. The maximum atomic E-state index is 11.6. The predicted molar refractivity (Wildman–Crippen MR) is 51.6 cm³/mol. The summed E-state index contributed by atoms with van der Waals surface area (Å²) in [5, 5.41) is 3.18. The van der Waals surface area contributed by atoms with Crippen molar-refractivity contribution in [2.75, 3.05) is 20.1 Å². The molecule has 1 heterocycles. The molecule has 0 aliphatic carbocycles. The third-order valence-electron chi connectivity index (χ3n) is 2.28. The van der Waals surface area contributed by atoms with E-state index in [1.54, 1.807) is 0 Å². The van der Waals surface area contributed by atoms with Crippen LogP contribution in [0.1, 0.15) is 13.8 Å². The van der Waals surface area contributed by atoms with Crippen molar-refractivity contribution < 1.29 is 8.42 Å². The van der Waals surface area contributed by atoms with Crippen molar-refractivity contribution >= 4 is 10.2 Å². The van der Waals surface area contributed by atoms with Crippen LogP contribution >= 0.6 is 0 Å². The van der Waals surface area contributed by atoms with Crippen molar-refractivity contribution in [1.29, 1.82) is 0 Å². The quantitative estimate of drug-likeness (QED) is 0.619. The highest BCUT2D eigenvalue weighted by molar-refractivity contribution is 7.87. The van der Waals surface area contributed by atoms with Crippen molar-refractivity contribution in [3.63, 3.8) is 0 Å². The highest BCUT2D eigenvalue weighted by Crippen LogP contribution is 2.13. The average Bonchev–Trinajstić information content (AvgIpc) is 2.03. The standard InChI is InChI=1S/C7H17N3O2S/c1-6-4-9-5-7(2)10(6)13(11,12)8-3/h6-9H,4-5H2,1-3H3. The number of rotatable bonds is 2. The van der Waals surface area contributed by atoms with Gasteiger partial charge in [0.2, 0.25) is 0 Å². The molecular weight excluding hydrogens is 190 g/mol. The van der Waals surface area contributed by atoms with Crippen LogP contribution in [0.5, 0.6) is 0 Å². The molecule has 6 heteroatoms. The Hall–Kier alpha value is -0.170. The molecule has 0 aromatic rings. The maximum absolute atomic E-state index is 11.6. The summed E-state index contributed by atoms with van der Waals surface area (Å²) in [7, 11) is -1.84. The van der Waals surface area contributed by atoms with E-state index in [0.717, 1.165) is 0 Å². The summed E-state index contributed by atoms with van der Waals surface area (Å²) >= 11 is 0. The van der Waals surface area contributed by atoms with Crippen molar-refractivity contribution in [3.05, 3.63) is 0 Å². The zero-order valence-electron chi connectivity index (χ0n) is 8.24. The van der Waals surface area contributed by atoms with Gasteiger partial charge in [0.05, 0.1) is 0 Å². The summed E-state index contributed by atoms with van der Waals surface area (Å²) in [6, 6.07) is 0.0300.